The highest BCUT2D eigenvalue weighted by Crippen LogP contribution is 2.27. The van der Waals surface area contributed by atoms with Crippen LogP contribution in [-0.2, 0) is 6.54 Å². The smallest absolute Gasteiger partial charge is 0.230 e. The zero-order valence-corrected chi connectivity index (χ0v) is 24.0. The van der Waals surface area contributed by atoms with Crippen LogP contribution in [0.15, 0.2) is 85.2 Å². The molecule has 3 aromatic carbocycles. The number of hydrogen-bond acceptors (Lipinski definition) is 7. The van der Waals surface area contributed by atoms with Crippen molar-refractivity contribution in [1.82, 2.24) is 29.4 Å². The van der Waals surface area contributed by atoms with E-state index in [0.29, 0.717) is 18.4 Å². The fourth-order valence-electron chi connectivity index (χ4n) is 5.66. The third kappa shape index (κ3) is 4.96. The monoisotopic (exact) mass is 557 g/mol. The molecule has 1 fully saturated rings. The number of benzene rings is 3. The summed E-state index contributed by atoms with van der Waals surface area (Å²) in [6, 6.07) is 25.4. The number of aromatic nitrogens is 6. The molecule has 9 heteroatoms. The molecule has 0 amide bonds. The fraction of sp³-hybridized carbons (Fsp3) is 0.273. The Bertz CT molecular complexity index is 1850. The summed E-state index contributed by atoms with van der Waals surface area (Å²) in [6.45, 7) is 6.58. The molecule has 42 heavy (non-hydrogen) atoms. The minimum absolute atomic E-state index is 0.240. The maximum atomic E-state index is 6.17. The van der Waals surface area contributed by atoms with Gasteiger partial charge in [-0.05, 0) is 53.6 Å². The van der Waals surface area contributed by atoms with Crippen LogP contribution >= 0.6 is 0 Å². The number of nitrogens with one attached hydrogen (secondary N) is 1. The Morgan fingerprint density at radius 3 is 2.52 bits per heavy atom. The molecular formula is C33H35N9. The van der Waals surface area contributed by atoms with Crippen molar-refractivity contribution in [3.63, 3.8) is 0 Å². The summed E-state index contributed by atoms with van der Waals surface area (Å²) in [5.74, 6) is 1.69. The van der Waals surface area contributed by atoms with Gasteiger partial charge >= 0.3 is 0 Å². The molecule has 0 radical (unpaired) electrons. The number of fused-ring (bicyclic) bond motifs is 2. The molecule has 3 aromatic heterocycles. The Morgan fingerprint density at radius 1 is 0.929 bits per heavy atom. The van der Waals surface area contributed by atoms with Crippen LogP contribution in [0.1, 0.15) is 43.7 Å². The molecule has 7 rings (SSSR count). The van der Waals surface area contributed by atoms with Gasteiger partial charge in [-0.25, -0.2) is 4.68 Å². The van der Waals surface area contributed by atoms with Gasteiger partial charge in [0.15, 0.2) is 5.65 Å². The molecule has 9 nitrogen and oxygen atoms in total. The minimum atomic E-state index is 0.240. The predicted molar refractivity (Wildman–Crippen MR) is 168 cm³/mol. The van der Waals surface area contributed by atoms with Crippen LogP contribution in [-0.4, -0.2) is 48.5 Å². The molecule has 6 aromatic rings. The van der Waals surface area contributed by atoms with Crippen molar-refractivity contribution in [2.75, 3.05) is 23.3 Å². The number of nitrogens with zero attached hydrogens (tertiary/aromatic N) is 7. The van der Waals surface area contributed by atoms with E-state index in [4.69, 9.17) is 20.8 Å². The van der Waals surface area contributed by atoms with Crippen molar-refractivity contribution in [3.8, 4) is 16.8 Å². The van der Waals surface area contributed by atoms with Gasteiger partial charge in [0, 0.05) is 42.8 Å². The zero-order chi connectivity index (χ0) is 28.6. The third-order valence-corrected chi connectivity index (χ3v) is 8.11. The van der Waals surface area contributed by atoms with Crippen molar-refractivity contribution in [2.24, 2.45) is 5.73 Å². The third-order valence-electron chi connectivity index (χ3n) is 8.11. The summed E-state index contributed by atoms with van der Waals surface area (Å²) in [7, 11) is 0. The van der Waals surface area contributed by atoms with Crippen LogP contribution in [0.4, 0.5) is 11.9 Å². The van der Waals surface area contributed by atoms with Crippen LogP contribution in [0.3, 0.4) is 0 Å². The van der Waals surface area contributed by atoms with E-state index in [1.807, 2.05) is 27.5 Å². The molecule has 0 spiro atoms. The minimum Gasteiger partial charge on any atom is -0.350 e. The summed E-state index contributed by atoms with van der Waals surface area (Å²) in [4.78, 5) is 12.1. The molecule has 4 heterocycles. The van der Waals surface area contributed by atoms with Crippen molar-refractivity contribution in [3.05, 3.63) is 96.3 Å². The molecule has 212 valence electrons. The van der Waals surface area contributed by atoms with Crippen LogP contribution in [0.25, 0.3) is 33.4 Å². The summed E-state index contributed by atoms with van der Waals surface area (Å²) in [6.07, 6.45) is 5.88. The Morgan fingerprint density at radius 2 is 1.71 bits per heavy atom. The molecule has 0 atom stereocenters. The van der Waals surface area contributed by atoms with Gasteiger partial charge in [-0.1, -0.05) is 68.4 Å². The number of hydrogen-bond donors (Lipinski definition) is 2. The molecule has 1 aliphatic heterocycles. The largest absolute Gasteiger partial charge is 0.350 e. The maximum Gasteiger partial charge on any atom is 0.230 e. The predicted octanol–water partition coefficient (Wildman–Crippen LogP) is 5.79. The van der Waals surface area contributed by atoms with Gasteiger partial charge in [-0.2, -0.15) is 24.7 Å². The first-order chi connectivity index (χ1) is 20.5. The maximum absolute atomic E-state index is 6.17. The van der Waals surface area contributed by atoms with Crippen LogP contribution < -0.4 is 16.0 Å². The van der Waals surface area contributed by atoms with E-state index in [0.717, 1.165) is 65.2 Å². The topological polar surface area (TPSA) is 102 Å². The highest BCUT2D eigenvalue weighted by molar-refractivity contribution is 5.84. The lowest BCUT2D eigenvalue weighted by atomic mass is 10.0. The summed E-state index contributed by atoms with van der Waals surface area (Å²) < 4.78 is 3.80. The first-order valence-corrected chi connectivity index (χ1v) is 14.7. The summed E-state index contributed by atoms with van der Waals surface area (Å²) in [5.41, 5.74) is 13.6. The van der Waals surface area contributed by atoms with E-state index in [1.165, 1.54) is 11.1 Å². The van der Waals surface area contributed by atoms with Crippen LogP contribution in [0.5, 0.6) is 0 Å². The van der Waals surface area contributed by atoms with Gasteiger partial charge in [0.05, 0.1) is 17.4 Å². The number of anilines is 2. The lowest BCUT2D eigenvalue weighted by Crippen LogP contribution is -2.40. The second kappa shape index (κ2) is 10.9. The Hall–Kier alpha value is -4.76. The molecule has 0 unspecified atom stereocenters. The van der Waals surface area contributed by atoms with Gasteiger partial charge < -0.3 is 16.0 Å². The number of para-hydroxylation sites is 1. The van der Waals surface area contributed by atoms with E-state index < -0.39 is 0 Å². The molecule has 3 N–H and O–H groups in total. The molecule has 0 bridgehead atoms. The number of rotatable bonds is 7. The van der Waals surface area contributed by atoms with E-state index in [2.05, 4.69) is 96.0 Å². The second-order valence-electron chi connectivity index (χ2n) is 11.4. The molecule has 1 aliphatic rings. The lowest BCUT2D eigenvalue weighted by Gasteiger charge is -2.30. The number of nitrogens with two attached hydrogens (primary N) is 1. The van der Waals surface area contributed by atoms with Crippen molar-refractivity contribution in [1.29, 1.82) is 0 Å². The van der Waals surface area contributed by atoms with E-state index in [9.17, 15) is 0 Å². The Kier molecular flexibility index (Phi) is 6.79. The van der Waals surface area contributed by atoms with Gasteiger partial charge in [0.2, 0.25) is 11.9 Å². The normalized spacial score (nSPS) is 14.3. The molecule has 0 aliphatic carbocycles. The van der Waals surface area contributed by atoms with E-state index >= 15 is 0 Å². The van der Waals surface area contributed by atoms with Gasteiger partial charge in [-0.3, -0.25) is 0 Å². The van der Waals surface area contributed by atoms with Crippen LogP contribution in [0.2, 0.25) is 0 Å². The first kappa shape index (κ1) is 26.2. The zero-order valence-electron chi connectivity index (χ0n) is 24.0. The molecular weight excluding hydrogens is 522 g/mol. The Labute approximate surface area is 245 Å². The standard InChI is InChI=1S/C33H35N9/c1-22(2)28-20-36-42-31(28)37-33(40-16-14-27(34)15-17-40)38-32(42)35-19-25-10-6-7-11-30(25)41-21-26-18-24(12-13-29(26)39-41)23-8-4-3-5-9-23/h3-13,18,20-22,27H,14-17,19,34H2,1-2H3,(H,35,37,38). The van der Waals surface area contributed by atoms with Crippen LogP contribution in [0, 0.1) is 0 Å². The number of piperidine rings is 1. The average Bonchev–Trinajstić information content (AvgIpc) is 3.65. The molecule has 1 saturated heterocycles. The summed E-state index contributed by atoms with van der Waals surface area (Å²) >= 11 is 0. The Balaban J connectivity index is 1.21. The van der Waals surface area contributed by atoms with Gasteiger partial charge in [0.1, 0.15) is 0 Å². The van der Waals surface area contributed by atoms with Gasteiger partial charge in [0.25, 0.3) is 0 Å². The average molecular weight is 558 g/mol. The van der Waals surface area contributed by atoms with Crippen molar-refractivity contribution in [2.45, 2.75) is 45.2 Å². The van der Waals surface area contributed by atoms with E-state index in [1.54, 1.807) is 0 Å². The van der Waals surface area contributed by atoms with E-state index in [-0.39, 0.29) is 6.04 Å². The first-order valence-electron chi connectivity index (χ1n) is 14.7. The quantitative estimate of drug-likeness (QED) is 0.256. The van der Waals surface area contributed by atoms with Gasteiger partial charge in [-0.15, -0.1) is 0 Å². The molecule has 0 saturated carbocycles. The summed E-state index contributed by atoms with van der Waals surface area (Å²) in [5, 5.41) is 14.3. The van der Waals surface area contributed by atoms with Crippen molar-refractivity contribution >= 4 is 28.4 Å². The highest BCUT2D eigenvalue weighted by atomic mass is 15.4. The highest BCUT2D eigenvalue weighted by Gasteiger charge is 2.22. The van der Waals surface area contributed by atoms with Crippen molar-refractivity contribution < 1.29 is 0 Å². The SMILES string of the molecule is CC(C)c1cnn2c(NCc3ccccc3-n3cc4cc(-c5ccccc5)ccc4n3)nc(N3CCC(N)CC3)nc12. The lowest BCUT2D eigenvalue weighted by molar-refractivity contribution is 0.495. The fourth-order valence-corrected chi connectivity index (χ4v) is 5.66. The second-order valence-corrected chi connectivity index (χ2v) is 11.4.